The Bertz CT molecular complexity index is 589. The Labute approximate surface area is 116 Å². The van der Waals surface area contributed by atoms with Gasteiger partial charge in [-0.2, -0.15) is 0 Å². The fraction of sp³-hybridized carbons (Fsp3) is 0. The number of carbonyl (C=O) groups excluding carboxylic acids is 1. The van der Waals surface area contributed by atoms with Crippen LogP contribution in [0.25, 0.3) is 0 Å². The van der Waals surface area contributed by atoms with Gasteiger partial charge in [0.15, 0.2) is 0 Å². The number of halogens is 3. The van der Waals surface area contributed by atoms with Gasteiger partial charge in [0, 0.05) is 10.6 Å². The summed E-state index contributed by atoms with van der Waals surface area (Å²) in [6.07, 6.45) is 1.03. The highest BCUT2D eigenvalue weighted by molar-refractivity contribution is 9.10. The molecule has 92 valence electrons. The number of carbonyl (C=O) groups is 1. The van der Waals surface area contributed by atoms with Crippen LogP contribution in [-0.2, 0) is 0 Å². The van der Waals surface area contributed by atoms with Gasteiger partial charge in [-0.25, -0.2) is 9.37 Å². The molecule has 1 aromatic carbocycles. The van der Waals surface area contributed by atoms with Gasteiger partial charge in [0.1, 0.15) is 11.6 Å². The molecule has 2 rings (SSSR count). The molecule has 18 heavy (non-hydrogen) atoms. The maximum Gasteiger partial charge on any atom is 0.256 e. The predicted molar refractivity (Wildman–Crippen MR) is 71.3 cm³/mol. The zero-order valence-corrected chi connectivity index (χ0v) is 11.3. The van der Waals surface area contributed by atoms with E-state index in [0.717, 1.165) is 6.20 Å². The van der Waals surface area contributed by atoms with Gasteiger partial charge in [0.05, 0.1) is 10.7 Å². The van der Waals surface area contributed by atoms with Gasteiger partial charge >= 0.3 is 0 Å². The van der Waals surface area contributed by atoms with Gasteiger partial charge in [-0.05, 0) is 46.3 Å². The van der Waals surface area contributed by atoms with Crippen molar-refractivity contribution in [3.63, 3.8) is 0 Å². The van der Waals surface area contributed by atoms with Crippen LogP contribution in [0.3, 0.4) is 0 Å². The second-order valence-electron chi connectivity index (χ2n) is 3.44. The Kier molecular flexibility index (Phi) is 3.93. The molecule has 0 unspecified atom stereocenters. The first-order chi connectivity index (χ1) is 8.56. The summed E-state index contributed by atoms with van der Waals surface area (Å²) in [4.78, 5) is 15.6. The van der Waals surface area contributed by atoms with E-state index in [2.05, 4.69) is 26.2 Å². The second kappa shape index (κ2) is 5.46. The molecule has 2 aromatic rings. The van der Waals surface area contributed by atoms with Crippen LogP contribution < -0.4 is 5.32 Å². The number of hydrogen-bond donors (Lipinski definition) is 1. The van der Waals surface area contributed by atoms with Crippen LogP contribution in [0.15, 0.2) is 41.0 Å². The van der Waals surface area contributed by atoms with Crippen molar-refractivity contribution >= 4 is 39.3 Å². The van der Waals surface area contributed by atoms with Crippen LogP contribution in [0.4, 0.5) is 10.2 Å². The highest BCUT2D eigenvalue weighted by Crippen LogP contribution is 2.21. The normalized spacial score (nSPS) is 10.2. The zero-order chi connectivity index (χ0) is 13.1. The molecule has 1 aromatic heterocycles. The molecule has 0 aliphatic heterocycles. The third kappa shape index (κ3) is 3.05. The lowest BCUT2D eigenvalue weighted by atomic mass is 10.2. The number of amides is 1. The fourth-order valence-electron chi connectivity index (χ4n) is 1.29. The van der Waals surface area contributed by atoms with Gasteiger partial charge in [-0.3, -0.25) is 4.79 Å². The van der Waals surface area contributed by atoms with Crippen LogP contribution in [-0.4, -0.2) is 10.9 Å². The molecule has 0 radical (unpaired) electrons. The van der Waals surface area contributed by atoms with Crippen molar-refractivity contribution in [1.29, 1.82) is 0 Å². The Hall–Kier alpha value is -1.46. The Morgan fingerprint density at radius 2 is 2.00 bits per heavy atom. The molecule has 0 saturated heterocycles. The molecular formula is C12H7BrClFN2O. The number of aromatic nitrogens is 1. The molecule has 3 nitrogen and oxygen atoms in total. The lowest BCUT2D eigenvalue weighted by Crippen LogP contribution is -2.13. The molecule has 0 aliphatic carbocycles. The number of anilines is 1. The van der Waals surface area contributed by atoms with Crippen molar-refractivity contribution in [2.24, 2.45) is 0 Å². The summed E-state index contributed by atoms with van der Waals surface area (Å²) in [6.45, 7) is 0. The summed E-state index contributed by atoms with van der Waals surface area (Å²) in [7, 11) is 0. The number of nitrogens with zero attached hydrogens (tertiary/aromatic N) is 1. The monoisotopic (exact) mass is 328 g/mol. The van der Waals surface area contributed by atoms with Crippen molar-refractivity contribution in [2.45, 2.75) is 0 Å². The highest BCUT2D eigenvalue weighted by atomic mass is 79.9. The highest BCUT2D eigenvalue weighted by Gasteiger charge is 2.09. The second-order valence-corrected chi connectivity index (χ2v) is 4.74. The molecule has 1 N–H and O–H groups in total. The van der Waals surface area contributed by atoms with E-state index in [4.69, 9.17) is 11.6 Å². The van der Waals surface area contributed by atoms with Gasteiger partial charge < -0.3 is 5.32 Å². The lowest BCUT2D eigenvalue weighted by molar-refractivity contribution is 0.102. The summed E-state index contributed by atoms with van der Waals surface area (Å²) < 4.78 is 13.2. The minimum atomic E-state index is -0.480. The van der Waals surface area contributed by atoms with Crippen molar-refractivity contribution in [3.05, 3.63) is 57.4 Å². The largest absolute Gasteiger partial charge is 0.306 e. The lowest BCUT2D eigenvalue weighted by Gasteiger charge is -2.06. The van der Waals surface area contributed by atoms with Gasteiger partial charge in [-0.15, -0.1) is 0 Å². The number of pyridine rings is 1. The van der Waals surface area contributed by atoms with Crippen LogP contribution in [0.2, 0.25) is 5.02 Å². The standard InChI is InChI=1S/C12H7BrClFN2O/c13-10-5-9(15)6-16-11(10)17-12(18)7-1-3-8(14)4-2-7/h1-6H,(H,16,17,18). The zero-order valence-electron chi connectivity index (χ0n) is 8.95. The first-order valence-corrected chi connectivity index (χ1v) is 6.11. The minimum absolute atomic E-state index is 0.261. The Morgan fingerprint density at radius 1 is 1.33 bits per heavy atom. The number of hydrogen-bond acceptors (Lipinski definition) is 2. The average Bonchev–Trinajstić information content (AvgIpc) is 2.33. The fourth-order valence-corrected chi connectivity index (χ4v) is 1.83. The SMILES string of the molecule is O=C(Nc1ncc(F)cc1Br)c1ccc(Cl)cc1. The Balaban J connectivity index is 2.18. The quantitative estimate of drug-likeness (QED) is 0.908. The summed E-state index contributed by atoms with van der Waals surface area (Å²) in [5, 5.41) is 3.12. The van der Waals surface area contributed by atoms with Gasteiger partial charge in [0.2, 0.25) is 0 Å². The van der Waals surface area contributed by atoms with Crippen molar-refractivity contribution in [3.8, 4) is 0 Å². The minimum Gasteiger partial charge on any atom is -0.306 e. The molecule has 6 heteroatoms. The molecule has 1 heterocycles. The smallest absolute Gasteiger partial charge is 0.256 e. The maximum absolute atomic E-state index is 12.8. The molecule has 0 bridgehead atoms. The van der Waals surface area contributed by atoms with Crippen LogP contribution in [0.5, 0.6) is 0 Å². The Morgan fingerprint density at radius 3 is 2.61 bits per heavy atom. The van der Waals surface area contributed by atoms with Gasteiger partial charge in [0.25, 0.3) is 5.91 Å². The van der Waals surface area contributed by atoms with Crippen molar-refractivity contribution in [1.82, 2.24) is 4.98 Å². The van der Waals surface area contributed by atoms with Crippen LogP contribution in [0, 0.1) is 5.82 Å². The van der Waals surface area contributed by atoms with E-state index in [1.54, 1.807) is 24.3 Å². The summed E-state index contributed by atoms with van der Waals surface area (Å²) in [6, 6.07) is 7.64. The third-order valence-corrected chi connectivity index (χ3v) is 3.00. The first-order valence-electron chi connectivity index (χ1n) is 4.94. The van der Waals surface area contributed by atoms with E-state index in [9.17, 15) is 9.18 Å². The number of nitrogens with one attached hydrogen (secondary N) is 1. The molecule has 0 saturated carbocycles. The third-order valence-electron chi connectivity index (χ3n) is 2.15. The summed E-state index contributed by atoms with van der Waals surface area (Å²) >= 11 is 8.85. The van der Waals surface area contributed by atoms with Crippen molar-refractivity contribution in [2.75, 3.05) is 5.32 Å². The van der Waals surface area contributed by atoms with Crippen molar-refractivity contribution < 1.29 is 9.18 Å². The van der Waals surface area contributed by atoms with E-state index < -0.39 is 5.82 Å². The van der Waals surface area contributed by atoms with E-state index in [-0.39, 0.29) is 11.7 Å². The molecular weight excluding hydrogens is 322 g/mol. The molecule has 0 atom stereocenters. The maximum atomic E-state index is 12.8. The first kappa shape index (κ1) is 13.0. The molecule has 0 spiro atoms. The van der Waals surface area contributed by atoms with E-state index in [1.807, 2.05) is 0 Å². The topological polar surface area (TPSA) is 42.0 Å². The summed E-state index contributed by atoms with van der Waals surface area (Å²) in [5.74, 6) is -0.561. The van der Waals surface area contributed by atoms with E-state index >= 15 is 0 Å². The molecule has 1 amide bonds. The number of benzene rings is 1. The number of rotatable bonds is 2. The van der Waals surface area contributed by atoms with E-state index in [1.165, 1.54) is 6.07 Å². The van der Waals surface area contributed by atoms with Crippen LogP contribution >= 0.6 is 27.5 Å². The molecule has 0 fully saturated rings. The summed E-state index contributed by atoms with van der Waals surface area (Å²) in [5.41, 5.74) is 0.442. The average molecular weight is 330 g/mol. The van der Waals surface area contributed by atoms with Crippen LogP contribution in [0.1, 0.15) is 10.4 Å². The molecule has 0 aliphatic rings. The van der Waals surface area contributed by atoms with Gasteiger partial charge in [-0.1, -0.05) is 11.6 Å². The predicted octanol–water partition coefficient (Wildman–Crippen LogP) is 3.89. The van der Waals surface area contributed by atoms with E-state index in [0.29, 0.717) is 15.1 Å².